The number of unbranched alkanes of at least 4 members (excludes halogenated alkanes) is 41. The minimum Gasteiger partial charge on any atom is -0.466 e. The molecule has 0 aliphatic heterocycles. The monoisotopic (exact) mass is 944 g/mol. The molecular formula is C61H117NO5. The van der Waals surface area contributed by atoms with E-state index in [1.54, 1.807) is 0 Å². The molecule has 6 heteroatoms. The minimum absolute atomic E-state index is 0.00326. The van der Waals surface area contributed by atoms with Gasteiger partial charge in [0.2, 0.25) is 5.91 Å². The minimum atomic E-state index is -0.660. The summed E-state index contributed by atoms with van der Waals surface area (Å²) < 4.78 is 5.48. The molecule has 0 aromatic carbocycles. The summed E-state index contributed by atoms with van der Waals surface area (Å²) in [4.78, 5) is 24.5. The molecule has 6 nitrogen and oxygen atoms in total. The maximum atomic E-state index is 12.4. The molecule has 0 aromatic heterocycles. The van der Waals surface area contributed by atoms with Gasteiger partial charge in [0.1, 0.15) is 0 Å². The highest BCUT2D eigenvalue weighted by molar-refractivity contribution is 5.76. The predicted molar refractivity (Wildman–Crippen MR) is 292 cm³/mol. The molecule has 0 bridgehead atoms. The molecule has 1 amide bonds. The summed E-state index contributed by atoms with van der Waals surface area (Å²) in [5.41, 5.74) is 0. The van der Waals surface area contributed by atoms with Crippen molar-refractivity contribution in [3.63, 3.8) is 0 Å². The molecule has 0 saturated carbocycles. The lowest BCUT2D eigenvalue weighted by atomic mass is 10.0. The molecule has 0 spiro atoms. The average Bonchev–Trinajstić information content (AvgIpc) is 3.33. The van der Waals surface area contributed by atoms with Gasteiger partial charge in [-0.2, -0.15) is 0 Å². The quantitative estimate of drug-likeness (QED) is 0.0321. The van der Waals surface area contributed by atoms with E-state index in [-0.39, 0.29) is 18.5 Å². The Morgan fingerprint density at radius 1 is 0.418 bits per heavy atom. The van der Waals surface area contributed by atoms with Crippen LogP contribution in [0.15, 0.2) is 24.3 Å². The van der Waals surface area contributed by atoms with E-state index >= 15 is 0 Å². The zero-order valence-electron chi connectivity index (χ0n) is 45.1. The molecule has 396 valence electrons. The van der Waals surface area contributed by atoms with Crippen LogP contribution in [0, 0.1) is 0 Å². The van der Waals surface area contributed by atoms with E-state index in [2.05, 4.69) is 43.5 Å². The van der Waals surface area contributed by atoms with Crippen molar-refractivity contribution in [2.75, 3.05) is 13.2 Å². The Balaban J connectivity index is 3.32. The molecule has 2 atom stereocenters. The van der Waals surface area contributed by atoms with E-state index in [1.165, 1.54) is 244 Å². The van der Waals surface area contributed by atoms with Crippen molar-refractivity contribution >= 4 is 11.9 Å². The molecular weight excluding hydrogens is 827 g/mol. The van der Waals surface area contributed by atoms with Crippen LogP contribution < -0.4 is 5.32 Å². The van der Waals surface area contributed by atoms with E-state index in [4.69, 9.17) is 4.74 Å². The number of hydrogen-bond donors (Lipinski definition) is 3. The van der Waals surface area contributed by atoms with Crippen LogP contribution >= 0.6 is 0 Å². The fraction of sp³-hybridized carbons (Fsp3) is 0.902. The van der Waals surface area contributed by atoms with Crippen LogP contribution in [0.2, 0.25) is 0 Å². The Kier molecular flexibility index (Phi) is 55.5. The molecule has 0 heterocycles. The Morgan fingerprint density at radius 2 is 0.746 bits per heavy atom. The highest BCUT2D eigenvalue weighted by Crippen LogP contribution is 2.18. The molecule has 0 aliphatic rings. The van der Waals surface area contributed by atoms with Gasteiger partial charge in [-0.15, -0.1) is 0 Å². The fourth-order valence-electron chi connectivity index (χ4n) is 9.38. The topological polar surface area (TPSA) is 95.9 Å². The van der Waals surface area contributed by atoms with Gasteiger partial charge in [-0.05, 0) is 57.8 Å². The van der Waals surface area contributed by atoms with Crippen LogP contribution in [0.1, 0.15) is 328 Å². The van der Waals surface area contributed by atoms with Crippen LogP contribution in [0.25, 0.3) is 0 Å². The smallest absolute Gasteiger partial charge is 0.305 e. The van der Waals surface area contributed by atoms with Crippen molar-refractivity contribution in [2.45, 2.75) is 341 Å². The molecule has 3 N–H and O–H groups in total. The highest BCUT2D eigenvalue weighted by Gasteiger charge is 2.20. The summed E-state index contributed by atoms with van der Waals surface area (Å²) in [5.74, 6) is -0.0312. The van der Waals surface area contributed by atoms with Gasteiger partial charge in [0, 0.05) is 12.8 Å². The number of nitrogens with one attached hydrogen (secondary N) is 1. The number of carbonyl (C=O) groups excluding carboxylic acids is 2. The second kappa shape index (κ2) is 56.9. The van der Waals surface area contributed by atoms with E-state index in [0.29, 0.717) is 25.9 Å². The number of carbonyl (C=O) groups is 2. The largest absolute Gasteiger partial charge is 0.466 e. The normalized spacial score (nSPS) is 12.7. The Morgan fingerprint density at radius 3 is 1.16 bits per heavy atom. The maximum absolute atomic E-state index is 12.4. The molecule has 0 saturated heterocycles. The van der Waals surface area contributed by atoms with Crippen molar-refractivity contribution in [2.24, 2.45) is 0 Å². The lowest BCUT2D eigenvalue weighted by Crippen LogP contribution is -2.45. The van der Waals surface area contributed by atoms with Gasteiger partial charge in [-0.1, -0.05) is 282 Å². The lowest BCUT2D eigenvalue weighted by Gasteiger charge is -2.22. The molecule has 0 radical (unpaired) electrons. The first-order chi connectivity index (χ1) is 33.0. The lowest BCUT2D eigenvalue weighted by molar-refractivity contribution is -0.143. The van der Waals surface area contributed by atoms with Crippen LogP contribution in [0.5, 0.6) is 0 Å². The number of allylic oxidation sites excluding steroid dienone is 4. The van der Waals surface area contributed by atoms with Crippen LogP contribution in [0.4, 0.5) is 0 Å². The van der Waals surface area contributed by atoms with Gasteiger partial charge in [-0.3, -0.25) is 9.59 Å². The molecule has 0 aliphatic carbocycles. The van der Waals surface area contributed by atoms with Gasteiger partial charge in [0.25, 0.3) is 0 Å². The highest BCUT2D eigenvalue weighted by atomic mass is 16.5. The predicted octanol–water partition coefficient (Wildman–Crippen LogP) is 18.6. The number of hydrogen-bond acceptors (Lipinski definition) is 5. The summed E-state index contributed by atoms with van der Waals surface area (Å²) >= 11 is 0. The van der Waals surface area contributed by atoms with Crippen LogP contribution in [-0.2, 0) is 14.3 Å². The third-order valence-corrected chi connectivity index (χ3v) is 14.0. The molecule has 0 rings (SSSR count). The van der Waals surface area contributed by atoms with Gasteiger partial charge < -0.3 is 20.3 Å². The Labute approximate surface area is 418 Å². The first-order valence-corrected chi connectivity index (χ1v) is 30.1. The van der Waals surface area contributed by atoms with Crippen molar-refractivity contribution < 1.29 is 24.5 Å². The average molecular weight is 945 g/mol. The van der Waals surface area contributed by atoms with Crippen molar-refractivity contribution in [3.8, 4) is 0 Å². The Hall–Kier alpha value is -1.66. The Bertz CT molecular complexity index is 1040. The number of rotatable bonds is 56. The second-order valence-electron chi connectivity index (χ2n) is 20.7. The summed E-state index contributed by atoms with van der Waals surface area (Å²) in [5, 5.41) is 23.1. The van der Waals surface area contributed by atoms with E-state index in [0.717, 1.165) is 51.4 Å². The zero-order valence-corrected chi connectivity index (χ0v) is 45.1. The zero-order chi connectivity index (χ0) is 48.6. The number of aliphatic hydroxyl groups is 2. The maximum Gasteiger partial charge on any atom is 0.305 e. The van der Waals surface area contributed by atoms with Crippen LogP contribution in [-0.4, -0.2) is 47.4 Å². The number of amides is 1. The first-order valence-electron chi connectivity index (χ1n) is 30.1. The molecule has 0 fully saturated rings. The number of ether oxygens (including phenoxy) is 1. The third kappa shape index (κ3) is 53.5. The third-order valence-electron chi connectivity index (χ3n) is 14.0. The van der Waals surface area contributed by atoms with Crippen molar-refractivity contribution in [3.05, 3.63) is 24.3 Å². The standard InChI is InChI=1S/C61H117NO5/c1-3-5-7-9-11-13-14-15-28-32-35-39-43-47-51-55-61(66)67-56-52-48-44-40-36-33-30-27-25-23-21-19-17-16-18-20-22-24-26-29-31-34-38-42-46-50-54-60(65)62-58(57-63)59(64)53-49-45-41-37-12-10-8-6-4-2/h11,13,15,28,58-59,63-64H,3-10,12,14,16-27,29-57H2,1-2H3,(H,62,65)/b13-11-,28-15-. The van der Waals surface area contributed by atoms with E-state index in [9.17, 15) is 19.8 Å². The van der Waals surface area contributed by atoms with Gasteiger partial charge in [-0.25, -0.2) is 0 Å². The summed E-state index contributed by atoms with van der Waals surface area (Å²) in [6.07, 6.45) is 69.1. The molecule has 0 aromatic rings. The van der Waals surface area contributed by atoms with Gasteiger partial charge >= 0.3 is 5.97 Å². The van der Waals surface area contributed by atoms with Crippen LogP contribution in [0.3, 0.4) is 0 Å². The number of aliphatic hydroxyl groups excluding tert-OH is 2. The second-order valence-corrected chi connectivity index (χ2v) is 20.7. The summed E-state index contributed by atoms with van der Waals surface area (Å²) in [6.45, 7) is 4.91. The first kappa shape index (κ1) is 65.3. The van der Waals surface area contributed by atoms with E-state index in [1.807, 2.05) is 0 Å². The molecule has 67 heavy (non-hydrogen) atoms. The summed E-state index contributed by atoms with van der Waals surface area (Å²) in [7, 11) is 0. The summed E-state index contributed by atoms with van der Waals surface area (Å²) in [6, 6.07) is -0.537. The fourth-order valence-corrected chi connectivity index (χ4v) is 9.38. The van der Waals surface area contributed by atoms with Gasteiger partial charge in [0.15, 0.2) is 0 Å². The van der Waals surface area contributed by atoms with E-state index < -0.39 is 12.1 Å². The van der Waals surface area contributed by atoms with Crippen molar-refractivity contribution in [1.29, 1.82) is 0 Å². The molecule has 2 unspecified atom stereocenters. The SMILES string of the molecule is CCCCC/C=C\C/C=C\CCCCCCCC(=O)OCCCCCCCCCCCCCCCCCCCCCCCCCCCCC(=O)NC(CO)C(O)CCCCCCCCCCC. The van der Waals surface area contributed by atoms with Gasteiger partial charge in [0.05, 0.1) is 25.4 Å². The number of esters is 1. The van der Waals surface area contributed by atoms with Crippen molar-refractivity contribution in [1.82, 2.24) is 5.32 Å².